The molecule has 1 aliphatic heterocycles. The highest BCUT2D eigenvalue weighted by atomic mass is 19.1. The highest BCUT2D eigenvalue weighted by Crippen LogP contribution is 2.25. The van der Waals surface area contributed by atoms with E-state index in [-0.39, 0.29) is 24.3 Å². The molecule has 8 heteroatoms. The average Bonchev–Trinajstić information content (AvgIpc) is 3.09. The molecule has 1 atom stereocenters. The molecule has 0 bridgehead atoms. The summed E-state index contributed by atoms with van der Waals surface area (Å²) in [4.78, 5) is 38.6. The Balaban J connectivity index is 1.76. The molecule has 0 fully saturated rings. The fraction of sp³-hybridized carbons (Fsp3) is 0.350. The number of benzene rings is 1. The molecule has 3 rings (SSSR count). The first-order valence-electron chi connectivity index (χ1n) is 9.20. The molecule has 2 aromatic rings. The van der Waals surface area contributed by atoms with Crippen LogP contribution in [-0.4, -0.2) is 47.3 Å². The van der Waals surface area contributed by atoms with Gasteiger partial charge in [0, 0.05) is 38.3 Å². The molecule has 0 spiro atoms. The van der Waals surface area contributed by atoms with Crippen molar-refractivity contribution >= 4 is 23.4 Å². The fourth-order valence-electron chi connectivity index (χ4n) is 3.22. The number of halogens is 1. The zero-order valence-corrected chi connectivity index (χ0v) is 15.9. The normalized spacial score (nSPS) is 15.5. The first-order valence-corrected chi connectivity index (χ1v) is 9.20. The van der Waals surface area contributed by atoms with Crippen molar-refractivity contribution in [2.24, 2.45) is 0 Å². The molecule has 1 aromatic heterocycles. The van der Waals surface area contributed by atoms with Gasteiger partial charge in [-0.2, -0.15) is 0 Å². The van der Waals surface area contributed by atoms with E-state index in [2.05, 4.69) is 10.6 Å². The molecule has 2 N–H and O–H groups in total. The Labute approximate surface area is 162 Å². The van der Waals surface area contributed by atoms with Crippen LogP contribution in [0.2, 0.25) is 0 Å². The number of hydrogen-bond acceptors (Lipinski definition) is 3. The molecule has 1 unspecified atom stereocenters. The smallest absolute Gasteiger partial charge is 0.268 e. The lowest BCUT2D eigenvalue weighted by molar-refractivity contribution is -0.130. The van der Waals surface area contributed by atoms with Gasteiger partial charge in [0.2, 0.25) is 5.91 Å². The van der Waals surface area contributed by atoms with Crippen molar-refractivity contribution in [3.8, 4) is 0 Å². The van der Waals surface area contributed by atoms with Gasteiger partial charge in [0.1, 0.15) is 11.5 Å². The lowest BCUT2D eigenvalue weighted by atomic mass is 10.1. The van der Waals surface area contributed by atoms with Crippen LogP contribution in [0, 0.1) is 5.82 Å². The molecule has 3 amide bonds. The van der Waals surface area contributed by atoms with Crippen molar-refractivity contribution < 1.29 is 18.8 Å². The topological polar surface area (TPSA) is 83.4 Å². The highest BCUT2D eigenvalue weighted by Gasteiger charge is 2.28. The van der Waals surface area contributed by atoms with Crippen LogP contribution in [0.4, 0.5) is 10.1 Å². The second kappa shape index (κ2) is 8.24. The minimum absolute atomic E-state index is 0.000420. The fourth-order valence-corrected chi connectivity index (χ4v) is 3.22. The predicted octanol–water partition coefficient (Wildman–Crippen LogP) is 2.42. The summed E-state index contributed by atoms with van der Waals surface area (Å²) in [5, 5.41) is 5.50. The third-order valence-corrected chi connectivity index (χ3v) is 4.73. The standard InChI is InChI=1S/C20H23FN4O3/c1-3-8-24(2)18(26)10-16-11-22-20(28)17-9-15(12-25(16)17)23-19(27)13-4-6-14(21)7-5-13/h4-7,9,12,16H,3,8,10-11H2,1-2H3,(H,22,28)(H,23,27). The summed E-state index contributed by atoms with van der Waals surface area (Å²) in [5.41, 5.74) is 1.14. The largest absolute Gasteiger partial charge is 0.349 e. The van der Waals surface area contributed by atoms with E-state index in [1.165, 1.54) is 24.3 Å². The number of fused-ring (bicyclic) bond motifs is 1. The molecule has 7 nitrogen and oxygen atoms in total. The number of carbonyl (C=O) groups excluding carboxylic acids is 3. The quantitative estimate of drug-likeness (QED) is 0.800. The number of rotatable bonds is 6. The molecule has 148 valence electrons. The Morgan fingerprint density at radius 1 is 1.32 bits per heavy atom. The number of carbonyl (C=O) groups is 3. The van der Waals surface area contributed by atoms with Gasteiger partial charge in [0.15, 0.2) is 0 Å². The summed E-state index contributed by atoms with van der Waals surface area (Å²) in [6, 6.07) is 6.54. The Bertz CT molecular complexity index is 891. The molecule has 0 radical (unpaired) electrons. The molecule has 2 heterocycles. The van der Waals surface area contributed by atoms with Gasteiger partial charge in [-0.25, -0.2) is 4.39 Å². The lowest BCUT2D eigenvalue weighted by Crippen LogP contribution is -2.41. The minimum atomic E-state index is -0.423. The van der Waals surface area contributed by atoms with Crippen LogP contribution in [0.25, 0.3) is 0 Å². The molecule has 0 saturated carbocycles. The van der Waals surface area contributed by atoms with Crippen LogP contribution in [0.3, 0.4) is 0 Å². The molecular weight excluding hydrogens is 363 g/mol. The number of amides is 3. The Morgan fingerprint density at radius 2 is 2.04 bits per heavy atom. The SMILES string of the molecule is CCCN(C)C(=O)CC1CNC(=O)c2cc(NC(=O)c3ccc(F)cc3)cn21. The summed E-state index contributed by atoms with van der Waals surface area (Å²) in [7, 11) is 1.76. The van der Waals surface area contributed by atoms with Crippen molar-refractivity contribution in [1.29, 1.82) is 0 Å². The third-order valence-electron chi connectivity index (χ3n) is 4.73. The summed E-state index contributed by atoms with van der Waals surface area (Å²) >= 11 is 0. The van der Waals surface area contributed by atoms with Crippen molar-refractivity contribution in [2.75, 3.05) is 25.5 Å². The van der Waals surface area contributed by atoms with E-state index in [1.54, 1.807) is 28.8 Å². The zero-order chi connectivity index (χ0) is 20.3. The van der Waals surface area contributed by atoms with Gasteiger partial charge in [-0.3, -0.25) is 14.4 Å². The number of anilines is 1. The first kappa shape index (κ1) is 19.6. The molecular formula is C20H23FN4O3. The van der Waals surface area contributed by atoms with Crippen LogP contribution in [0.15, 0.2) is 36.5 Å². The Hall–Kier alpha value is -3.16. The van der Waals surface area contributed by atoms with E-state index >= 15 is 0 Å². The van der Waals surface area contributed by atoms with Crippen LogP contribution in [-0.2, 0) is 4.79 Å². The maximum absolute atomic E-state index is 13.0. The van der Waals surface area contributed by atoms with Gasteiger partial charge >= 0.3 is 0 Å². The van der Waals surface area contributed by atoms with E-state index in [0.717, 1.165) is 6.42 Å². The van der Waals surface area contributed by atoms with Gasteiger partial charge < -0.3 is 20.1 Å². The van der Waals surface area contributed by atoms with E-state index in [4.69, 9.17) is 0 Å². The lowest BCUT2D eigenvalue weighted by Gasteiger charge is -2.27. The van der Waals surface area contributed by atoms with Gasteiger partial charge in [0.25, 0.3) is 11.8 Å². The van der Waals surface area contributed by atoms with Crippen LogP contribution in [0.1, 0.15) is 46.7 Å². The predicted molar refractivity (Wildman–Crippen MR) is 103 cm³/mol. The van der Waals surface area contributed by atoms with E-state index in [0.29, 0.717) is 30.0 Å². The van der Waals surface area contributed by atoms with E-state index < -0.39 is 11.7 Å². The van der Waals surface area contributed by atoms with Crippen LogP contribution >= 0.6 is 0 Å². The maximum Gasteiger partial charge on any atom is 0.268 e. The molecule has 0 saturated heterocycles. The van der Waals surface area contributed by atoms with Crippen molar-refractivity contribution in [2.45, 2.75) is 25.8 Å². The number of hydrogen-bond donors (Lipinski definition) is 2. The summed E-state index contributed by atoms with van der Waals surface area (Å²) in [5.74, 6) is -1.08. The Morgan fingerprint density at radius 3 is 2.71 bits per heavy atom. The molecule has 28 heavy (non-hydrogen) atoms. The monoisotopic (exact) mass is 386 g/mol. The zero-order valence-electron chi connectivity index (χ0n) is 15.9. The maximum atomic E-state index is 13.0. The number of nitrogens with zero attached hydrogens (tertiary/aromatic N) is 2. The van der Waals surface area contributed by atoms with Gasteiger partial charge in [0.05, 0.1) is 11.7 Å². The number of nitrogens with one attached hydrogen (secondary N) is 2. The van der Waals surface area contributed by atoms with Gasteiger partial charge in [-0.05, 0) is 36.8 Å². The van der Waals surface area contributed by atoms with Crippen LogP contribution < -0.4 is 10.6 Å². The minimum Gasteiger partial charge on any atom is -0.349 e. The first-order chi connectivity index (χ1) is 13.4. The van der Waals surface area contributed by atoms with Crippen molar-refractivity contribution in [3.63, 3.8) is 0 Å². The van der Waals surface area contributed by atoms with Crippen LogP contribution in [0.5, 0.6) is 0 Å². The summed E-state index contributed by atoms with van der Waals surface area (Å²) in [6.07, 6.45) is 2.79. The summed E-state index contributed by atoms with van der Waals surface area (Å²) < 4.78 is 14.7. The van der Waals surface area contributed by atoms with Crippen molar-refractivity contribution in [1.82, 2.24) is 14.8 Å². The van der Waals surface area contributed by atoms with E-state index in [1.807, 2.05) is 6.92 Å². The molecule has 1 aliphatic rings. The molecule has 0 aliphatic carbocycles. The highest BCUT2D eigenvalue weighted by molar-refractivity contribution is 6.05. The summed E-state index contributed by atoms with van der Waals surface area (Å²) in [6.45, 7) is 3.03. The second-order valence-electron chi connectivity index (χ2n) is 6.87. The average molecular weight is 386 g/mol. The van der Waals surface area contributed by atoms with Gasteiger partial charge in [-0.1, -0.05) is 6.92 Å². The Kier molecular flexibility index (Phi) is 5.77. The van der Waals surface area contributed by atoms with E-state index in [9.17, 15) is 18.8 Å². The van der Waals surface area contributed by atoms with Gasteiger partial charge in [-0.15, -0.1) is 0 Å². The molecule has 1 aromatic carbocycles. The number of aromatic nitrogens is 1. The second-order valence-corrected chi connectivity index (χ2v) is 6.87. The third kappa shape index (κ3) is 4.21. The van der Waals surface area contributed by atoms with Crippen molar-refractivity contribution in [3.05, 3.63) is 53.6 Å².